The largest absolute Gasteiger partial charge is 0.295 e. The van der Waals surface area contributed by atoms with Crippen LogP contribution >= 0.6 is 27.5 Å². The summed E-state index contributed by atoms with van der Waals surface area (Å²) in [6, 6.07) is 12.9. The van der Waals surface area contributed by atoms with Crippen molar-refractivity contribution in [3.8, 4) is 5.69 Å². The smallest absolute Gasteiger partial charge is 0.139 e. The van der Waals surface area contributed by atoms with Crippen LogP contribution in [-0.4, -0.2) is 9.55 Å². The van der Waals surface area contributed by atoms with Crippen molar-refractivity contribution in [1.82, 2.24) is 9.55 Å². The van der Waals surface area contributed by atoms with Crippen LogP contribution in [0, 0.1) is 5.82 Å². The molecule has 0 aliphatic carbocycles. The fourth-order valence-electron chi connectivity index (χ4n) is 2.21. The average Bonchev–Trinajstić information content (AvgIpc) is 2.79. The van der Waals surface area contributed by atoms with E-state index in [4.69, 9.17) is 11.6 Å². The maximum Gasteiger partial charge on any atom is 0.139 e. The number of rotatable bonds is 2. The normalized spacial score (nSPS) is 12.8. The molecule has 0 saturated heterocycles. The van der Waals surface area contributed by atoms with E-state index in [9.17, 15) is 4.39 Å². The van der Waals surface area contributed by atoms with Crippen molar-refractivity contribution in [3.05, 3.63) is 58.6 Å². The number of hydrogen-bond acceptors (Lipinski definition) is 1. The van der Waals surface area contributed by atoms with Crippen LogP contribution in [0.2, 0.25) is 0 Å². The third kappa shape index (κ3) is 2.23. The molecule has 2 aromatic carbocycles. The van der Waals surface area contributed by atoms with E-state index < -0.39 is 0 Å². The van der Waals surface area contributed by atoms with Gasteiger partial charge in [-0.3, -0.25) is 4.57 Å². The van der Waals surface area contributed by atoms with Crippen LogP contribution in [0.15, 0.2) is 46.9 Å². The average molecular weight is 354 g/mol. The molecule has 0 amide bonds. The number of halogens is 3. The van der Waals surface area contributed by atoms with Crippen molar-refractivity contribution in [2.75, 3.05) is 0 Å². The molecule has 0 radical (unpaired) electrons. The lowest BCUT2D eigenvalue weighted by Gasteiger charge is -2.10. The molecule has 0 spiro atoms. The molecule has 0 aliphatic rings. The van der Waals surface area contributed by atoms with Crippen LogP contribution in [0.4, 0.5) is 4.39 Å². The molecule has 2 nitrogen and oxygen atoms in total. The van der Waals surface area contributed by atoms with Crippen LogP contribution in [0.1, 0.15) is 18.1 Å². The van der Waals surface area contributed by atoms with E-state index in [1.807, 2.05) is 41.8 Å². The number of aromatic nitrogens is 2. The van der Waals surface area contributed by atoms with Crippen LogP contribution < -0.4 is 0 Å². The Morgan fingerprint density at radius 3 is 2.60 bits per heavy atom. The van der Waals surface area contributed by atoms with Gasteiger partial charge < -0.3 is 0 Å². The number of alkyl halides is 1. The summed E-state index contributed by atoms with van der Waals surface area (Å²) in [5.74, 6) is 0.370. The third-order valence-electron chi connectivity index (χ3n) is 3.09. The van der Waals surface area contributed by atoms with E-state index in [0.717, 1.165) is 11.2 Å². The Morgan fingerprint density at radius 2 is 1.95 bits per heavy atom. The van der Waals surface area contributed by atoms with Gasteiger partial charge in [-0.15, -0.1) is 11.6 Å². The first-order valence-corrected chi connectivity index (χ1v) is 7.38. The summed E-state index contributed by atoms with van der Waals surface area (Å²) in [5.41, 5.74) is 2.38. The molecule has 0 fully saturated rings. The minimum atomic E-state index is -0.330. The number of fused-ring (bicyclic) bond motifs is 1. The number of hydrogen-bond donors (Lipinski definition) is 0. The van der Waals surface area contributed by atoms with E-state index >= 15 is 0 Å². The second-order valence-electron chi connectivity index (χ2n) is 4.51. The van der Waals surface area contributed by atoms with Crippen LogP contribution in [0.3, 0.4) is 0 Å². The zero-order valence-corrected chi connectivity index (χ0v) is 13.0. The van der Waals surface area contributed by atoms with Gasteiger partial charge in [0.05, 0.1) is 20.9 Å². The van der Waals surface area contributed by atoms with Gasteiger partial charge >= 0.3 is 0 Å². The predicted molar refractivity (Wildman–Crippen MR) is 83.0 cm³/mol. The molecular weight excluding hydrogens is 343 g/mol. The Bertz CT molecular complexity index is 768. The fourth-order valence-corrected chi connectivity index (χ4v) is 2.68. The van der Waals surface area contributed by atoms with Crippen LogP contribution in [0.5, 0.6) is 0 Å². The third-order valence-corrected chi connectivity index (χ3v) is 3.90. The van der Waals surface area contributed by atoms with Crippen molar-refractivity contribution < 1.29 is 4.39 Å². The molecule has 1 unspecified atom stereocenters. The van der Waals surface area contributed by atoms with Gasteiger partial charge in [-0.05, 0) is 41.1 Å². The second kappa shape index (κ2) is 5.19. The summed E-state index contributed by atoms with van der Waals surface area (Å²) in [6.45, 7) is 1.85. The van der Waals surface area contributed by atoms with Gasteiger partial charge in [0.15, 0.2) is 0 Å². The minimum Gasteiger partial charge on any atom is -0.295 e. The molecule has 0 N–H and O–H groups in total. The summed E-state index contributed by atoms with van der Waals surface area (Å²) in [4.78, 5) is 4.46. The van der Waals surface area contributed by atoms with Crippen molar-refractivity contribution in [2.45, 2.75) is 12.3 Å². The van der Waals surface area contributed by atoms with Gasteiger partial charge in [-0.2, -0.15) is 0 Å². The summed E-state index contributed by atoms with van der Waals surface area (Å²) in [5, 5.41) is -0.274. The molecule has 102 valence electrons. The standard InChI is InChI=1S/C15H11BrClFN2/c1-9(17)15-19-13-8-12(18)11(16)7-14(13)20(15)10-5-3-2-4-6-10/h2-9H,1H3. The van der Waals surface area contributed by atoms with Crippen molar-refractivity contribution >= 4 is 38.6 Å². The SMILES string of the molecule is CC(Cl)c1nc2cc(F)c(Br)cc2n1-c1ccccc1. The summed E-state index contributed by atoms with van der Waals surface area (Å²) >= 11 is 9.44. The van der Waals surface area contributed by atoms with Gasteiger partial charge in [-0.25, -0.2) is 9.37 Å². The van der Waals surface area contributed by atoms with E-state index in [1.165, 1.54) is 6.07 Å². The highest BCUT2D eigenvalue weighted by molar-refractivity contribution is 9.10. The summed E-state index contributed by atoms with van der Waals surface area (Å²) < 4.78 is 16.0. The van der Waals surface area contributed by atoms with E-state index in [-0.39, 0.29) is 11.2 Å². The van der Waals surface area contributed by atoms with E-state index in [1.54, 1.807) is 6.07 Å². The van der Waals surface area contributed by atoms with E-state index in [2.05, 4.69) is 20.9 Å². The maximum absolute atomic E-state index is 13.7. The summed E-state index contributed by atoms with van der Waals surface area (Å²) in [7, 11) is 0. The molecular formula is C15H11BrClFN2. The van der Waals surface area contributed by atoms with Gasteiger partial charge in [0.2, 0.25) is 0 Å². The lowest BCUT2D eigenvalue weighted by Crippen LogP contribution is -2.01. The molecule has 0 saturated carbocycles. The first-order valence-electron chi connectivity index (χ1n) is 6.15. The van der Waals surface area contributed by atoms with Crippen molar-refractivity contribution in [2.24, 2.45) is 0 Å². The first-order chi connectivity index (χ1) is 9.58. The molecule has 5 heteroatoms. The lowest BCUT2D eigenvalue weighted by molar-refractivity contribution is 0.623. The Labute approximate surface area is 129 Å². The number of nitrogens with zero attached hydrogens (tertiary/aromatic N) is 2. The molecule has 0 bridgehead atoms. The molecule has 20 heavy (non-hydrogen) atoms. The molecule has 1 aromatic heterocycles. The maximum atomic E-state index is 13.7. The van der Waals surface area contributed by atoms with Gasteiger partial charge in [0.1, 0.15) is 11.6 Å². The molecule has 3 aromatic rings. The zero-order chi connectivity index (χ0) is 14.3. The highest BCUT2D eigenvalue weighted by Crippen LogP contribution is 2.30. The monoisotopic (exact) mass is 352 g/mol. The Hall–Kier alpha value is -1.39. The molecule has 3 rings (SSSR count). The Balaban J connectivity index is 2.38. The first kappa shape index (κ1) is 13.6. The zero-order valence-electron chi connectivity index (χ0n) is 10.6. The number of para-hydroxylation sites is 1. The van der Waals surface area contributed by atoms with E-state index in [0.29, 0.717) is 15.8 Å². The van der Waals surface area contributed by atoms with Gasteiger partial charge in [-0.1, -0.05) is 18.2 Å². The second-order valence-corrected chi connectivity index (χ2v) is 6.02. The number of imidazole rings is 1. The quantitative estimate of drug-likeness (QED) is 0.577. The van der Waals surface area contributed by atoms with Crippen molar-refractivity contribution in [1.29, 1.82) is 0 Å². The number of benzene rings is 2. The van der Waals surface area contributed by atoms with Gasteiger partial charge in [0, 0.05) is 11.8 Å². The lowest BCUT2D eigenvalue weighted by atomic mass is 10.2. The summed E-state index contributed by atoms with van der Waals surface area (Å²) in [6.07, 6.45) is 0. The Kier molecular flexibility index (Phi) is 3.52. The molecule has 1 atom stereocenters. The highest BCUT2D eigenvalue weighted by atomic mass is 79.9. The fraction of sp³-hybridized carbons (Fsp3) is 0.133. The molecule has 0 aliphatic heterocycles. The van der Waals surface area contributed by atoms with Crippen LogP contribution in [-0.2, 0) is 0 Å². The van der Waals surface area contributed by atoms with Crippen LogP contribution in [0.25, 0.3) is 16.7 Å². The topological polar surface area (TPSA) is 17.8 Å². The highest BCUT2D eigenvalue weighted by Gasteiger charge is 2.17. The van der Waals surface area contributed by atoms with Gasteiger partial charge in [0.25, 0.3) is 0 Å². The minimum absolute atomic E-state index is 0.274. The molecule has 1 heterocycles. The Morgan fingerprint density at radius 1 is 1.25 bits per heavy atom. The predicted octanol–water partition coefficient (Wildman–Crippen LogP) is 5.23. The van der Waals surface area contributed by atoms with Crippen molar-refractivity contribution in [3.63, 3.8) is 0 Å².